The van der Waals surface area contributed by atoms with Gasteiger partial charge in [-0.1, -0.05) is 29.7 Å². The summed E-state index contributed by atoms with van der Waals surface area (Å²) in [7, 11) is 0. The topological polar surface area (TPSA) is 77.1 Å². The van der Waals surface area contributed by atoms with Crippen LogP contribution >= 0.6 is 11.6 Å². The Morgan fingerprint density at radius 3 is 2.85 bits per heavy atom. The number of aryl methyl sites for hydroxylation is 2. The molecule has 2 fully saturated rings. The van der Waals surface area contributed by atoms with Crippen molar-refractivity contribution >= 4 is 28.6 Å². The van der Waals surface area contributed by atoms with E-state index in [9.17, 15) is 4.79 Å². The van der Waals surface area contributed by atoms with Gasteiger partial charge in [0.05, 0.1) is 23.6 Å². The van der Waals surface area contributed by atoms with E-state index >= 15 is 0 Å². The molecule has 1 saturated heterocycles. The molecule has 0 radical (unpaired) electrons. The molecule has 3 heterocycles. The average molecular weight is 476 g/mol. The van der Waals surface area contributed by atoms with Crippen LogP contribution in [0, 0.1) is 18.8 Å². The molecule has 0 bridgehead atoms. The van der Waals surface area contributed by atoms with Crippen molar-refractivity contribution in [2.24, 2.45) is 11.8 Å². The highest BCUT2D eigenvalue weighted by molar-refractivity contribution is 6.31. The lowest BCUT2D eigenvalue weighted by Gasteiger charge is -2.28. The second-order valence-electron chi connectivity index (χ2n) is 9.48. The number of hydrogen-bond donors (Lipinski definition) is 0. The highest BCUT2D eigenvalue weighted by Gasteiger charge is 2.46. The van der Waals surface area contributed by atoms with Crippen LogP contribution in [0.2, 0.25) is 5.02 Å². The van der Waals surface area contributed by atoms with Crippen LogP contribution in [0.3, 0.4) is 0 Å². The number of rotatable bonds is 5. The summed E-state index contributed by atoms with van der Waals surface area (Å²) >= 11 is 6.11. The number of carbonyl (C=O) groups is 1. The van der Waals surface area contributed by atoms with E-state index in [1.165, 1.54) is 24.1 Å². The van der Waals surface area contributed by atoms with Gasteiger partial charge in [0, 0.05) is 24.0 Å². The molecule has 8 heteroatoms. The summed E-state index contributed by atoms with van der Waals surface area (Å²) in [4.78, 5) is 22.2. The van der Waals surface area contributed by atoms with Gasteiger partial charge in [-0.05, 0) is 68.4 Å². The minimum Gasteiger partial charge on any atom is -0.441 e. The Hall–Kier alpha value is -3.19. The number of nitrogens with zero attached hydrogens (tertiary/aromatic N) is 5. The van der Waals surface area contributed by atoms with Gasteiger partial charge in [-0.25, -0.2) is 4.98 Å². The molecule has 7 nitrogen and oxygen atoms in total. The van der Waals surface area contributed by atoms with Crippen LogP contribution in [0.15, 0.2) is 53.2 Å². The maximum Gasteiger partial charge on any atom is 0.256 e. The molecule has 1 aliphatic carbocycles. The SMILES string of the molecule is Cc1ccc(-n2nccn2)c(C(=O)N2CC3CCCC3C2CCc2nc3cc(Cl)ccc3o2)c1. The number of aromatic nitrogens is 4. The van der Waals surface area contributed by atoms with Crippen molar-refractivity contribution in [2.75, 3.05) is 6.54 Å². The van der Waals surface area contributed by atoms with E-state index in [0.29, 0.717) is 40.4 Å². The number of oxazole rings is 1. The molecule has 4 aromatic rings. The van der Waals surface area contributed by atoms with E-state index < -0.39 is 0 Å². The molecule has 0 spiro atoms. The van der Waals surface area contributed by atoms with Crippen LogP contribution < -0.4 is 0 Å². The molecule has 0 N–H and O–H groups in total. The highest BCUT2D eigenvalue weighted by atomic mass is 35.5. The zero-order chi connectivity index (χ0) is 23.2. The number of amides is 1. The number of benzene rings is 2. The number of hydrogen-bond acceptors (Lipinski definition) is 5. The number of fused-ring (bicyclic) bond motifs is 2. The lowest BCUT2D eigenvalue weighted by molar-refractivity contribution is 0.0703. The van der Waals surface area contributed by atoms with Crippen molar-refractivity contribution in [3.63, 3.8) is 0 Å². The highest BCUT2D eigenvalue weighted by Crippen LogP contribution is 2.44. The number of likely N-dealkylation sites (tertiary alicyclic amines) is 1. The molecule has 174 valence electrons. The Morgan fingerprint density at radius 2 is 2.00 bits per heavy atom. The summed E-state index contributed by atoms with van der Waals surface area (Å²) in [5.41, 5.74) is 3.93. The van der Waals surface area contributed by atoms with Gasteiger partial charge in [-0.2, -0.15) is 15.0 Å². The summed E-state index contributed by atoms with van der Waals surface area (Å²) < 4.78 is 5.97. The van der Waals surface area contributed by atoms with Crippen LogP contribution in [-0.2, 0) is 6.42 Å². The second kappa shape index (κ2) is 8.55. The van der Waals surface area contributed by atoms with E-state index in [1.807, 2.05) is 43.3 Å². The number of halogens is 1. The Bertz CT molecular complexity index is 1350. The Labute approximate surface area is 202 Å². The summed E-state index contributed by atoms with van der Waals surface area (Å²) in [6, 6.07) is 11.5. The minimum atomic E-state index is 0.0553. The standard InChI is InChI=1S/C26H26ClN5O2/c1-16-5-7-23(32-28-11-12-29-32)20(13-16)26(33)31-15-17-3-2-4-19(17)22(31)8-10-25-30-21-14-18(27)6-9-24(21)34-25/h5-7,9,11-14,17,19,22H,2-4,8,10,15H2,1H3. The molecular formula is C26H26ClN5O2. The third kappa shape index (κ3) is 3.78. The molecule has 2 aliphatic rings. The first-order valence-electron chi connectivity index (χ1n) is 11.9. The van der Waals surface area contributed by atoms with Crippen molar-refractivity contribution in [1.29, 1.82) is 0 Å². The van der Waals surface area contributed by atoms with Crippen LogP contribution in [0.25, 0.3) is 16.8 Å². The van der Waals surface area contributed by atoms with Gasteiger partial charge >= 0.3 is 0 Å². The van der Waals surface area contributed by atoms with E-state index in [4.69, 9.17) is 16.0 Å². The van der Waals surface area contributed by atoms with E-state index in [2.05, 4.69) is 20.1 Å². The summed E-state index contributed by atoms with van der Waals surface area (Å²) in [6.45, 7) is 2.81. The predicted molar refractivity (Wildman–Crippen MR) is 129 cm³/mol. The van der Waals surface area contributed by atoms with Crippen LogP contribution in [0.1, 0.15) is 47.5 Å². The van der Waals surface area contributed by atoms with Crippen LogP contribution in [0.5, 0.6) is 0 Å². The quantitative estimate of drug-likeness (QED) is 0.394. The van der Waals surface area contributed by atoms with Gasteiger partial charge in [0.2, 0.25) is 0 Å². The van der Waals surface area contributed by atoms with Gasteiger partial charge in [-0.3, -0.25) is 4.79 Å². The molecule has 6 rings (SSSR count). The van der Waals surface area contributed by atoms with E-state index in [0.717, 1.165) is 29.6 Å². The zero-order valence-corrected chi connectivity index (χ0v) is 19.8. The second-order valence-corrected chi connectivity index (χ2v) is 9.91. The summed E-state index contributed by atoms with van der Waals surface area (Å²) in [5, 5.41) is 9.19. The van der Waals surface area contributed by atoms with E-state index in [-0.39, 0.29) is 11.9 Å². The van der Waals surface area contributed by atoms with Crippen molar-refractivity contribution in [1.82, 2.24) is 24.9 Å². The molecule has 2 aromatic carbocycles. The largest absolute Gasteiger partial charge is 0.441 e. The fourth-order valence-corrected chi connectivity index (χ4v) is 6.00. The third-order valence-electron chi connectivity index (χ3n) is 7.37. The molecule has 3 unspecified atom stereocenters. The Morgan fingerprint density at radius 1 is 1.15 bits per heavy atom. The van der Waals surface area contributed by atoms with E-state index in [1.54, 1.807) is 12.4 Å². The van der Waals surface area contributed by atoms with Crippen molar-refractivity contribution < 1.29 is 9.21 Å². The fourth-order valence-electron chi connectivity index (χ4n) is 5.84. The van der Waals surface area contributed by atoms with Gasteiger partial charge in [0.25, 0.3) is 5.91 Å². The fraction of sp³-hybridized carbons (Fsp3) is 0.385. The monoisotopic (exact) mass is 475 g/mol. The normalized spacial score (nSPS) is 21.9. The predicted octanol–water partition coefficient (Wildman–Crippen LogP) is 5.24. The van der Waals surface area contributed by atoms with Gasteiger partial charge < -0.3 is 9.32 Å². The maximum absolute atomic E-state index is 13.9. The zero-order valence-electron chi connectivity index (χ0n) is 19.0. The molecule has 2 aromatic heterocycles. The Kier molecular flexibility index (Phi) is 5.37. The maximum atomic E-state index is 13.9. The van der Waals surface area contributed by atoms with Crippen LogP contribution in [0.4, 0.5) is 0 Å². The summed E-state index contributed by atoms with van der Waals surface area (Å²) in [6.07, 6.45) is 8.37. The molecule has 3 atom stereocenters. The lowest BCUT2D eigenvalue weighted by Crippen LogP contribution is -2.39. The lowest BCUT2D eigenvalue weighted by atomic mass is 9.91. The van der Waals surface area contributed by atoms with Crippen LogP contribution in [-0.4, -0.2) is 43.4 Å². The van der Waals surface area contributed by atoms with Gasteiger partial charge in [0.15, 0.2) is 11.5 Å². The number of carbonyl (C=O) groups excluding carboxylic acids is 1. The van der Waals surface area contributed by atoms with Gasteiger partial charge in [-0.15, -0.1) is 0 Å². The summed E-state index contributed by atoms with van der Waals surface area (Å²) in [5.74, 6) is 1.84. The minimum absolute atomic E-state index is 0.0553. The molecule has 1 amide bonds. The first-order chi connectivity index (χ1) is 16.6. The molecule has 1 aliphatic heterocycles. The third-order valence-corrected chi connectivity index (χ3v) is 7.60. The first kappa shape index (κ1) is 21.4. The van der Waals surface area contributed by atoms with Crippen molar-refractivity contribution in [3.05, 3.63) is 70.8 Å². The average Bonchev–Trinajstić information content (AvgIpc) is 3.61. The molecule has 34 heavy (non-hydrogen) atoms. The Balaban J connectivity index is 1.29. The first-order valence-corrected chi connectivity index (χ1v) is 12.3. The van der Waals surface area contributed by atoms with Crippen molar-refractivity contribution in [2.45, 2.75) is 45.1 Å². The van der Waals surface area contributed by atoms with Crippen molar-refractivity contribution in [3.8, 4) is 5.69 Å². The molecular weight excluding hydrogens is 450 g/mol. The smallest absolute Gasteiger partial charge is 0.256 e. The molecule has 1 saturated carbocycles. The van der Waals surface area contributed by atoms with Gasteiger partial charge in [0.1, 0.15) is 5.52 Å².